The maximum Gasteiger partial charge on any atom is 0.254 e. The predicted octanol–water partition coefficient (Wildman–Crippen LogP) is 5.01. The Kier molecular flexibility index (Phi) is 5.45. The summed E-state index contributed by atoms with van der Waals surface area (Å²) in [5, 5.41) is 1.44. The fourth-order valence-electron chi connectivity index (χ4n) is 4.38. The standard InChI is InChI=1S/C22H24Cl2N2O/c1-15-20(3-2-4-21(15)24)22(27)26-12-11-25-13-17(7-10-19(25)14-26)16-5-8-18(23)9-6-16/h2-6,8-9,17,19H,7,10-14H2,1H3/t17-,19+/m0/s1. The lowest BCUT2D eigenvalue weighted by molar-refractivity contribution is 0.0328. The summed E-state index contributed by atoms with van der Waals surface area (Å²) in [5.74, 6) is 0.658. The van der Waals surface area contributed by atoms with E-state index in [0.717, 1.165) is 55.2 Å². The SMILES string of the molecule is Cc1c(Cl)cccc1C(=O)N1CCN2C[C@@H](c3ccc(Cl)cc3)CC[C@@H]2C1. The number of rotatable bonds is 2. The monoisotopic (exact) mass is 402 g/mol. The first-order chi connectivity index (χ1) is 13.0. The molecule has 2 aliphatic rings. The summed E-state index contributed by atoms with van der Waals surface area (Å²) in [4.78, 5) is 17.6. The molecule has 0 aromatic heterocycles. The molecule has 2 aliphatic heterocycles. The zero-order valence-corrected chi connectivity index (χ0v) is 17.0. The largest absolute Gasteiger partial charge is 0.336 e. The third-order valence-corrected chi connectivity index (χ3v) is 6.70. The highest BCUT2D eigenvalue weighted by Crippen LogP contribution is 2.33. The summed E-state index contributed by atoms with van der Waals surface area (Å²) < 4.78 is 0. The van der Waals surface area contributed by atoms with Gasteiger partial charge in [0.05, 0.1) is 0 Å². The lowest BCUT2D eigenvalue weighted by atomic mass is 9.86. The highest BCUT2D eigenvalue weighted by Gasteiger charge is 2.35. The van der Waals surface area contributed by atoms with Crippen LogP contribution in [0.1, 0.15) is 40.2 Å². The van der Waals surface area contributed by atoms with Gasteiger partial charge in [0, 0.05) is 47.8 Å². The van der Waals surface area contributed by atoms with Gasteiger partial charge in [0.1, 0.15) is 0 Å². The van der Waals surface area contributed by atoms with Gasteiger partial charge in [-0.15, -0.1) is 0 Å². The molecule has 0 saturated carbocycles. The van der Waals surface area contributed by atoms with Crippen LogP contribution in [0.5, 0.6) is 0 Å². The molecule has 0 N–H and O–H groups in total. The normalized spacial score (nSPS) is 23.1. The lowest BCUT2D eigenvalue weighted by Gasteiger charge is -2.46. The molecule has 0 radical (unpaired) electrons. The number of halogens is 2. The molecule has 0 aliphatic carbocycles. The van der Waals surface area contributed by atoms with Gasteiger partial charge in [0.25, 0.3) is 5.91 Å². The highest BCUT2D eigenvalue weighted by molar-refractivity contribution is 6.31. The van der Waals surface area contributed by atoms with E-state index in [-0.39, 0.29) is 5.91 Å². The number of benzene rings is 2. The molecule has 3 nitrogen and oxygen atoms in total. The van der Waals surface area contributed by atoms with Crippen molar-refractivity contribution in [1.82, 2.24) is 9.80 Å². The summed E-state index contributed by atoms with van der Waals surface area (Å²) in [5.41, 5.74) is 2.97. The quantitative estimate of drug-likeness (QED) is 0.704. The molecular formula is C22H24Cl2N2O. The van der Waals surface area contributed by atoms with Crippen molar-refractivity contribution in [3.8, 4) is 0 Å². The Bertz CT molecular complexity index is 837. The van der Waals surface area contributed by atoms with E-state index in [1.807, 2.05) is 42.2 Å². The molecule has 2 aromatic carbocycles. The van der Waals surface area contributed by atoms with E-state index in [2.05, 4.69) is 17.0 Å². The van der Waals surface area contributed by atoms with Gasteiger partial charge in [-0.1, -0.05) is 41.4 Å². The average molecular weight is 403 g/mol. The van der Waals surface area contributed by atoms with Crippen molar-refractivity contribution in [3.63, 3.8) is 0 Å². The number of fused-ring (bicyclic) bond motifs is 1. The zero-order valence-electron chi connectivity index (χ0n) is 15.5. The van der Waals surface area contributed by atoms with Gasteiger partial charge in [-0.2, -0.15) is 0 Å². The van der Waals surface area contributed by atoms with Gasteiger partial charge in [-0.05, 0) is 61.1 Å². The lowest BCUT2D eigenvalue weighted by Crippen LogP contribution is -2.57. The van der Waals surface area contributed by atoms with Crippen LogP contribution in [0, 0.1) is 6.92 Å². The van der Waals surface area contributed by atoms with E-state index in [1.165, 1.54) is 5.56 Å². The van der Waals surface area contributed by atoms with Gasteiger partial charge in [0.2, 0.25) is 0 Å². The fraction of sp³-hybridized carbons (Fsp3) is 0.409. The van der Waals surface area contributed by atoms with Gasteiger partial charge >= 0.3 is 0 Å². The van der Waals surface area contributed by atoms with Crippen molar-refractivity contribution in [2.75, 3.05) is 26.2 Å². The number of amides is 1. The van der Waals surface area contributed by atoms with Crippen molar-refractivity contribution >= 4 is 29.1 Å². The molecule has 142 valence electrons. The minimum absolute atomic E-state index is 0.106. The molecule has 1 amide bonds. The van der Waals surface area contributed by atoms with Crippen LogP contribution in [-0.2, 0) is 0 Å². The fourth-order valence-corrected chi connectivity index (χ4v) is 4.68. The molecule has 27 heavy (non-hydrogen) atoms. The minimum atomic E-state index is 0.106. The van der Waals surface area contributed by atoms with Gasteiger partial charge in [-0.25, -0.2) is 0 Å². The first kappa shape index (κ1) is 18.8. The van der Waals surface area contributed by atoms with Crippen LogP contribution in [0.4, 0.5) is 0 Å². The first-order valence-corrected chi connectivity index (χ1v) is 10.3. The van der Waals surface area contributed by atoms with Gasteiger partial charge in [-0.3, -0.25) is 9.69 Å². The molecule has 0 unspecified atom stereocenters. The Labute approximate surface area is 170 Å². The second kappa shape index (κ2) is 7.83. The van der Waals surface area contributed by atoms with E-state index in [4.69, 9.17) is 23.2 Å². The number of piperidine rings is 1. The summed E-state index contributed by atoms with van der Waals surface area (Å²) in [7, 11) is 0. The van der Waals surface area contributed by atoms with Gasteiger partial charge < -0.3 is 4.90 Å². The van der Waals surface area contributed by atoms with Crippen LogP contribution >= 0.6 is 23.2 Å². The Hall–Kier alpha value is -1.55. The van der Waals surface area contributed by atoms with E-state index in [1.54, 1.807) is 0 Å². The molecular weight excluding hydrogens is 379 g/mol. The number of hydrogen-bond acceptors (Lipinski definition) is 2. The summed E-state index contributed by atoms with van der Waals surface area (Å²) in [6, 6.07) is 14.3. The Morgan fingerprint density at radius 1 is 1.00 bits per heavy atom. The Balaban J connectivity index is 1.42. The summed E-state index contributed by atoms with van der Waals surface area (Å²) in [6.45, 7) is 5.49. The molecule has 2 atom stereocenters. The number of piperazine rings is 1. The predicted molar refractivity (Wildman–Crippen MR) is 111 cm³/mol. The summed E-state index contributed by atoms with van der Waals surface area (Å²) in [6.07, 6.45) is 2.27. The zero-order chi connectivity index (χ0) is 19.0. The van der Waals surface area contributed by atoms with Crippen LogP contribution in [0.2, 0.25) is 10.0 Å². The minimum Gasteiger partial charge on any atom is -0.336 e. The number of carbonyl (C=O) groups is 1. The van der Waals surface area contributed by atoms with Crippen LogP contribution in [0.25, 0.3) is 0 Å². The highest BCUT2D eigenvalue weighted by atomic mass is 35.5. The van der Waals surface area contributed by atoms with Crippen molar-refractivity contribution in [2.45, 2.75) is 31.7 Å². The molecule has 2 fully saturated rings. The second-order valence-corrected chi connectivity index (χ2v) is 8.48. The molecule has 5 heteroatoms. The average Bonchev–Trinajstić information content (AvgIpc) is 2.69. The van der Waals surface area contributed by atoms with Crippen LogP contribution in [0.3, 0.4) is 0 Å². The van der Waals surface area contributed by atoms with Crippen LogP contribution in [0.15, 0.2) is 42.5 Å². The molecule has 0 bridgehead atoms. The molecule has 2 saturated heterocycles. The first-order valence-electron chi connectivity index (χ1n) is 9.57. The van der Waals surface area contributed by atoms with Crippen LogP contribution < -0.4 is 0 Å². The molecule has 2 heterocycles. The van der Waals surface area contributed by atoms with Crippen molar-refractivity contribution < 1.29 is 4.79 Å². The second-order valence-electron chi connectivity index (χ2n) is 7.64. The maximum absolute atomic E-state index is 13.0. The third kappa shape index (κ3) is 3.87. The van der Waals surface area contributed by atoms with E-state index in [0.29, 0.717) is 17.0 Å². The van der Waals surface area contributed by atoms with E-state index >= 15 is 0 Å². The smallest absolute Gasteiger partial charge is 0.254 e. The van der Waals surface area contributed by atoms with Crippen molar-refractivity contribution in [3.05, 3.63) is 69.2 Å². The van der Waals surface area contributed by atoms with Gasteiger partial charge in [0.15, 0.2) is 0 Å². The maximum atomic E-state index is 13.0. The van der Waals surface area contributed by atoms with Crippen LogP contribution in [-0.4, -0.2) is 47.9 Å². The summed E-state index contributed by atoms with van der Waals surface area (Å²) >= 11 is 12.2. The van der Waals surface area contributed by atoms with Crippen molar-refractivity contribution in [2.24, 2.45) is 0 Å². The molecule has 4 rings (SSSR count). The van der Waals surface area contributed by atoms with E-state index in [9.17, 15) is 4.79 Å². The molecule has 2 aromatic rings. The number of nitrogens with zero attached hydrogens (tertiary/aromatic N) is 2. The Morgan fingerprint density at radius 3 is 2.56 bits per heavy atom. The van der Waals surface area contributed by atoms with Crippen molar-refractivity contribution in [1.29, 1.82) is 0 Å². The topological polar surface area (TPSA) is 23.6 Å². The van der Waals surface area contributed by atoms with E-state index < -0.39 is 0 Å². The number of carbonyl (C=O) groups excluding carboxylic acids is 1. The third-order valence-electron chi connectivity index (χ3n) is 6.03. The number of hydrogen-bond donors (Lipinski definition) is 0. The Morgan fingerprint density at radius 2 is 1.78 bits per heavy atom. The molecule has 0 spiro atoms.